The zero-order chi connectivity index (χ0) is 33.4. The van der Waals surface area contributed by atoms with Gasteiger partial charge in [0.1, 0.15) is 8.64 Å². The Kier molecular flexibility index (Phi) is 13.0. The van der Waals surface area contributed by atoms with Crippen molar-refractivity contribution >= 4 is 91.6 Å². The molecule has 8 nitrogen and oxygen atoms in total. The van der Waals surface area contributed by atoms with Crippen molar-refractivity contribution in [3.8, 4) is 0 Å². The molecule has 46 heavy (non-hydrogen) atoms. The van der Waals surface area contributed by atoms with E-state index in [0.29, 0.717) is 70.1 Å². The number of thiocarbonyl (C=S) groups is 2. The smallest absolute Gasteiger partial charge is 0.267 e. The predicted octanol–water partition coefficient (Wildman–Crippen LogP) is 7.55. The van der Waals surface area contributed by atoms with Crippen LogP contribution in [0, 0.1) is 27.7 Å². The molecule has 2 aromatic carbocycles. The molecule has 12 heteroatoms. The predicted molar refractivity (Wildman–Crippen MR) is 197 cm³/mol. The summed E-state index contributed by atoms with van der Waals surface area (Å²) >= 11 is 13.3. The van der Waals surface area contributed by atoms with Crippen LogP contribution in [0.2, 0.25) is 0 Å². The van der Waals surface area contributed by atoms with Gasteiger partial charge in [-0.3, -0.25) is 29.0 Å². The molecular weight excluding hydrogens is 657 g/mol. The molecule has 0 saturated carbocycles. The molecule has 244 valence electrons. The number of hydrogen-bond donors (Lipinski definition) is 2. The maximum absolute atomic E-state index is 13.3. The number of carbonyl (C=O) groups excluding carboxylic acids is 4. The molecule has 2 aromatic rings. The molecule has 0 spiro atoms. The highest BCUT2D eigenvalue weighted by Gasteiger charge is 2.41. The highest BCUT2D eigenvalue weighted by Crippen LogP contribution is 2.42. The molecule has 2 saturated heterocycles. The Balaban J connectivity index is 1.17. The summed E-state index contributed by atoms with van der Waals surface area (Å²) in [5.41, 5.74) is 6.02. The number of aryl methyl sites for hydroxylation is 4. The van der Waals surface area contributed by atoms with Gasteiger partial charge in [0.25, 0.3) is 11.8 Å². The van der Waals surface area contributed by atoms with Crippen LogP contribution in [0.15, 0.2) is 46.2 Å². The second-order valence-electron chi connectivity index (χ2n) is 11.7. The van der Waals surface area contributed by atoms with E-state index >= 15 is 0 Å². The maximum atomic E-state index is 13.3. The van der Waals surface area contributed by atoms with E-state index in [2.05, 4.69) is 10.6 Å². The van der Waals surface area contributed by atoms with Crippen molar-refractivity contribution in [3.63, 3.8) is 0 Å². The summed E-state index contributed by atoms with van der Waals surface area (Å²) in [7, 11) is 0. The number of thioether (sulfide) groups is 2. The molecule has 0 aliphatic carbocycles. The summed E-state index contributed by atoms with van der Waals surface area (Å²) in [6.07, 6.45) is 5.11. The lowest BCUT2D eigenvalue weighted by molar-refractivity contribution is -0.124. The number of rotatable bonds is 14. The van der Waals surface area contributed by atoms with Gasteiger partial charge in [0.2, 0.25) is 11.8 Å². The molecule has 0 bridgehead atoms. The number of carbonyl (C=O) groups is 4. The zero-order valence-corrected chi connectivity index (χ0v) is 30.0. The Morgan fingerprint density at radius 3 is 1.39 bits per heavy atom. The van der Waals surface area contributed by atoms with Gasteiger partial charge in [-0.25, -0.2) is 0 Å². The first kappa shape index (κ1) is 35.8. The van der Waals surface area contributed by atoms with Crippen LogP contribution in [0.25, 0.3) is 0 Å². The summed E-state index contributed by atoms with van der Waals surface area (Å²) in [5.74, 6) is -0.590. The van der Waals surface area contributed by atoms with Crippen molar-refractivity contribution in [3.05, 3.63) is 68.5 Å². The van der Waals surface area contributed by atoms with Crippen LogP contribution in [-0.4, -0.2) is 55.2 Å². The number of nitrogens with zero attached hydrogens (tertiary/aromatic N) is 2. The lowest BCUT2D eigenvalue weighted by Gasteiger charge is -2.15. The van der Waals surface area contributed by atoms with Gasteiger partial charge in [0.15, 0.2) is 0 Å². The van der Waals surface area contributed by atoms with Crippen molar-refractivity contribution < 1.29 is 19.2 Å². The largest absolute Gasteiger partial charge is 0.326 e. The first-order valence-corrected chi connectivity index (χ1v) is 18.0. The molecule has 4 amide bonds. The molecule has 2 N–H and O–H groups in total. The van der Waals surface area contributed by atoms with Crippen LogP contribution < -0.4 is 10.6 Å². The van der Waals surface area contributed by atoms with Gasteiger partial charge in [0.05, 0.1) is 9.81 Å². The van der Waals surface area contributed by atoms with E-state index in [4.69, 9.17) is 24.4 Å². The Labute approximate surface area is 290 Å². The van der Waals surface area contributed by atoms with E-state index < -0.39 is 0 Å². The zero-order valence-electron chi connectivity index (χ0n) is 26.7. The van der Waals surface area contributed by atoms with Gasteiger partial charge >= 0.3 is 0 Å². The average molecular weight is 697 g/mol. The maximum Gasteiger partial charge on any atom is 0.267 e. The average Bonchev–Trinajstić information content (AvgIpc) is 3.44. The van der Waals surface area contributed by atoms with Gasteiger partial charge in [0, 0.05) is 37.3 Å². The number of unbranched alkanes of at least 4 members (excludes halogenated alkanes) is 4. The topological polar surface area (TPSA) is 98.8 Å². The summed E-state index contributed by atoms with van der Waals surface area (Å²) in [6, 6.07) is 11.9. The van der Waals surface area contributed by atoms with Crippen molar-refractivity contribution in [1.82, 2.24) is 9.80 Å². The number of amides is 4. The number of benzene rings is 2. The van der Waals surface area contributed by atoms with Gasteiger partial charge in [-0.1, -0.05) is 96.2 Å². The third kappa shape index (κ3) is 9.49. The van der Waals surface area contributed by atoms with Crippen molar-refractivity contribution in [2.24, 2.45) is 0 Å². The Hall–Kier alpha value is -3.06. The number of nitrogens with one attached hydrogen (secondary N) is 2. The fourth-order valence-electron chi connectivity index (χ4n) is 5.25. The minimum atomic E-state index is -0.266. The van der Waals surface area contributed by atoms with E-state index in [-0.39, 0.29) is 23.6 Å². The SMILES string of the molecule is Cc1ccc(NC(=O)CCCCCN2C(=O)C(=C3SC(=S)N(CCCCCC(=O)Nc4ccc(C)cc4C)C3=O)SC2=S)c(C)c1. The summed E-state index contributed by atoms with van der Waals surface area (Å²) < 4.78 is 0.855. The summed E-state index contributed by atoms with van der Waals surface area (Å²) in [5, 5.41) is 5.94. The highest BCUT2D eigenvalue weighted by atomic mass is 32.2. The molecular formula is C34H40N4O4S4. The molecule has 0 unspecified atom stereocenters. The highest BCUT2D eigenvalue weighted by molar-refractivity contribution is 8.29. The number of hydrogen-bond acceptors (Lipinski definition) is 8. The quantitative estimate of drug-likeness (QED) is 0.119. The van der Waals surface area contributed by atoms with Crippen LogP contribution in [0.3, 0.4) is 0 Å². The van der Waals surface area contributed by atoms with Gasteiger partial charge in [-0.2, -0.15) is 0 Å². The molecule has 2 aliphatic rings. The second-order valence-corrected chi connectivity index (χ2v) is 15.0. The minimum Gasteiger partial charge on any atom is -0.326 e. The van der Waals surface area contributed by atoms with Crippen molar-refractivity contribution in [2.45, 2.75) is 79.1 Å². The molecule has 4 rings (SSSR count). The Morgan fingerprint density at radius 1 is 0.630 bits per heavy atom. The Morgan fingerprint density at radius 2 is 1.02 bits per heavy atom. The molecule has 0 atom stereocenters. The molecule has 2 aliphatic heterocycles. The third-order valence-corrected chi connectivity index (χ3v) is 10.8. The Bertz CT molecular complexity index is 1470. The van der Waals surface area contributed by atoms with E-state index in [1.54, 1.807) is 9.80 Å². The monoisotopic (exact) mass is 696 g/mol. The lowest BCUT2D eigenvalue weighted by Crippen LogP contribution is -2.31. The van der Waals surface area contributed by atoms with E-state index in [0.717, 1.165) is 70.0 Å². The molecule has 0 aromatic heterocycles. The minimum absolute atomic E-state index is 0.0294. The van der Waals surface area contributed by atoms with E-state index in [1.807, 2.05) is 64.1 Å². The van der Waals surface area contributed by atoms with Gasteiger partial charge < -0.3 is 10.6 Å². The van der Waals surface area contributed by atoms with Crippen LogP contribution in [0.4, 0.5) is 11.4 Å². The number of anilines is 2. The summed E-state index contributed by atoms with van der Waals surface area (Å²) in [4.78, 5) is 55.0. The van der Waals surface area contributed by atoms with E-state index in [1.165, 1.54) is 0 Å². The first-order chi connectivity index (χ1) is 21.9. The van der Waals surface area contributed by atoms with E-state index in [9.17, 15) is 19.2 Å². The van der Waals surface area contributed by atoms with Crippen LogP contribution in [0.5, 0.6) is 0 Å². The van der Waals surface area contributed by atoms with Gasteiger partial charge in [-0.15, -0.1) is 0 Å². The molecule has 2 fully saturated rings. The van der Waals surface area contributed by atoms with Crippen molar-refractivity contribution in [1.29, 1.82) is 0 Å². The lowest BCUT2D eigenvalue weighted by atomic mass is 10.1. The normalized spacial score (nSPS) is 16.5. The second kappa shape index (κ2) is 16.7. The van der Waals surface area contributed by atoms with Crippen molar-refractivity contribution in [2.75, 3.05) is 23.7 Å². The van der Waals surface area contributed by atoms with Gasteiger partial charge in [-0.05, 0) is 76.6 Å². The fourth-order valence-corrected chi connectivity index (χ4v) is 8.02. The van der Waals surface area contributed by atoms with Crippen LogP contribution >= 0.6 is 48.0 Å². The standard InChI is InChI=1S/C34H40N4O4S4/c1-21-13-15-25(23(3)19-21)35-27(39)11-7-5-9-17-37-31(41)29(45-33(37)43)30-32(42)38(34(44)46-30)18-10-6-8-12-28(40)36-26-16-14-22(2)20-24(26)4/h13-16,19-20H,5-12,17-18H2,1-4H3,(H,35,39)(H,36,40). The van der Waals surface area contributed by atoms with Crippen LogP contribution in [0.1, 0.15) is 73.6 Å². The first-order valence-electron chi connectivity index (χ1n) is 15.5. The van der Waals surface area contributed by atoms with Crippen LogP contribution in [-0.2, 0) is 19.2 Å². The molecule has 2 heterocycles. The molecule has 0 radical (unpaired) electrons. The summed E-state index contributed by atoms with van der Waals surface area (Å²) in [6.45, 7) is 8.85. The fraction of sp³-hybridized carbons (Fsp3) is 0.412. The third-order valence-electron chi connectivity index (χ3n) is 7.79.